The number of fused-ring (bicyclic) bond motifs is 1. The van der Waals surface area contributed by atoms with E-state index in [0.29, 0.717) is 6.54 Å². The summed E-state index contributed by atoms with van der Waals surface area (Å²) in [7, 11) is 1.56. The Kier molecular flexibility index (Phi) is 3.70. The van der Waals surface area contributed by atoms with Gasteiger partial charge in [-0.3, -0.25) is 9.69 Å². The Labute approximate surface area is 96.0 Å². The molecule has 0 bridgehead atoms. The van der Waals surface area contributed by atoms with Crippen molar-refractivity contribution in [3.8, 4) is 0 Å². The quantitative estimate of drug-likeness (QED) is 0.763. The minimum atomic E-state index is 0.155. The molecule has 0 aromatic heterocycles. The van der Waals surface area contributed by atoms with Gasteiger partial charge in [0, 0.05) is 20.2 Å². The van der Waals surface area contributed by atoms with Gasteiger partial charge in [0.1, 0.15) is 6.61 Å². The second-order valence-electron chi connectivity index (χ2n) is 4.20. The normalized spacial score (nSPS) is 15.8. The van der Waals surface area contributed by atoms with Crippen LogP contribution >= 0.6 is 0 Å². The Morgan fingerprint density at radius 1 is 1.38 bits per heavy atom. The summed E-state index contributed by atoms with van der Waals surface area (Å²) in [5.41, 5.74) is 2.76. The Balaban J connectivity index is 1.95. The SMILES string of the molecule is COCC(=O)CN1CCc2ccccc2C1. The van der Waals surface area contributed by atoms with E-state index < -0.39 is 0 Å². The van der Waals surface area contributed by atoms with Gasteiger partial charge in [-0.2, -0.15) is 0 Å². The van der Waals surface area contributed by atoms with E-state index in [-0.39, 0.29) is 12.4 Å². The van der Waals surface area contributed by atoms with Crippen LogP contribution in [0.4, 0.5) is 0 Å². The Morgan fingerprint density at radius 2 is 2.12 bits per heavy atom. The Morgan fingerprint density at radius 3 is 2.88 bits per heavy atom. The lowest BCUT2D eigenvalue weighted by atomic mass is 10.00. The molecule has 0 fully saturated rings. The Hall–Kier alpha value is -1.19. The molecule has 1 aromatic rings. The highest BCUT2D eigenvalue weighted by atomic mass is 16.5. The summed E-state index contributed by atoms with van der Waals surface area (Å²) < 4.78 is 4.84. The van der Waals surface area contributed by atoms with Gasteiger partial charge in [-0.25, -0.2) is 0 Å². The zero-order valence-electron chi connectivity index (χ0n) is 9.61. The fourth-order valence-electron chi connectivity index (χ4n) is 2.15. The van der Waals surface area contributed by atoms with E-state index in [1.54, 1.807) is 7.11 Å². The summed E-state index contributed by atoms with van der Waals surface area (Å²) in [6.07, 6.45) is 1.04. The van der Waals surface area contributed by atoms with Crippen molar-refractivity contribution in [2.45, 2.75) is 13.0 Å². The molecule has 0 aliphatic carbocycles. The van der Waals surface area contributed by atoms with Crippen LogP contribution in [0.3, 0.4) is 0 Å². The van der Waals surface area contributed by atoms with Crippen LogP contribution in [0.1, 0.15) is 11.1 Å². The fraction of sp³-hybridized carbons (Fsp3) is 0.462. The number of hydrogen-bond donors (Lipinski definition) is 0. The van der Waals surface area contributed by atoms with Crippen molar-refractivity contribution in [3.05, 3.63) is 35.4 Å². The van der Waals surface area contributed by atoms with Crippen LogP contribution in [-0.4, -0.2) is 37.5 Å². The van der Waals surface area contributed by atoms with E-state index in [4.69, 9.17) is 4.74 Å². The molecule has 16 heavy (non-hydrogen) atoms. The van der Waals surface area contributed by atoms with Gasteiger partial charge < -0.3 is 4.74 Å². The first-order chi connectivity index (χ1) is 7.79. The third-order valence-electron chi connectivity index (χ3n) is 2.91. The number of methoxy groups -OCH3 is 1. The minimum Gasteiger partial charge on any atom is -0.377 e. The average Bonchev–Trinajstić information content (AvgIpc) is 2.29. The maximum atomic E-state index is 11.5. The van der Waals surface area contributed by atoms with Crippen LogP contribution in [-0.2, 0) is 22.5 Å². The number of rotatable bonds is 4. The van der Waals surface area contributed by atoms with Crippen molar-refractivity contribution < 1.29 is 9.53 Å². The first-order valence-electron chi connectivity index (χ1n) is 5.59. The molecule has 3 heteroatoms. The van der Waals surface area contributed by atoms with E-state index in [2.05, 4.69) is 29.2 Å². The highest BCUT2D eigenvalue weighted by molar-refractivity contribution is 5.81. The lowest BCUT2D eigenvalue weighted by molar-refractivity contribution is -0.124. The molecule has 0 radical (unpaired) electrons. The zero-order valence-corrected chi connectivity index (χ0v) is 9.61. The van der Waals surface area contributed by atoms with E-state index >= 15 is 0 Å². The van der Waals surface area contributed by atoms with Crippen LogP contribution < -0.4 is 0 Å². The number of Topliss-reactive ketones (excluding diaryl/α,β-unsaturated/α-hetero) is 1. The highest BCUT2D eigenvalue weighted by Gasteiger charge is 2.17. The predicted octanol–water partition coefficient (Wildman–Crippen LogP) is 1.26. The summed E-state index contributed by atoms with van der Waals surface area (Å²) in [4.78, 5) is 13.6. The van der Waals surface area contributed by atoms with Gasteiger partial charge in [-0.05, 0) is 17.5 Å². The number of carbonyl (C=O) groups is 1. The van der Waals surface area contributed by atoms with Gasteiger partial charge in [0.2, 0.25) is 0 Å². The molecule has 0 spiro atoms. The topological polar surface area (TPSA) is 29.5 Å². The largest absolute Gasteiger partial charge is 0.377 e. The maximum Gasteiger partial charge on any atom is 0.172 e. The van der Waals surface area contributed by atoms with Crippen LogP contribution in [0.5, 0.6) is 0 Å². The summed E-state index contributed by atoms with van der Waals surface area (Å²) >= 11 is 0. The van der Waals surface area contributed by atoms with E-state index in [1.165, 1.54) is 11.1 Å². The summed E-state index contributed by atoms with van der Waals surface area (Å²) in [6, 6.07) is 8.44. The standard InChI is InChI=1S/C13H17NO2/c1-16-10-13(15)9-14-7-6-11-4-2-3-5-12(11)8-14/h2-5H,6-10H2,1H3. The van der Waals surface area contributed by atoms with E-state index in [1.807, 2.05) is 0 Å². The molecule has 2 rings (SSSR count). The molecular weight excluding hydrogens is 202 g/mol. The van der Waals surface area contributed by atoms with Crippen molar-refractivity contribution in [3.63, 3.8) is 0 Å². The molecule has 0 N–H and O–H groups in total. The second kappa shape index (κ2) is 5.23. The molecule has 0 unspecified atom stereocenters. The fourth-order valence-corrected chi connectivity index (χ4v) is 2.15. The van der Waals surface area contributed by atoms with Crippen molar-refractivity contribution in [2.75, 3.05) is 26.8 Å². The number of ketones is 1. The third-order valence-corrected chi connectivity index (χ3v) is 2.91. The lowest BCUT2D eigenvalue weighted by Crippen LogP contribution is -2.35. The van der Waals surface area contributed by atoms with Gasteiger partial charge >= 0.3 is 0 Å². The van der Waals surface area contributed by atoms with Crippen LogP contribution in [0.15, 0.2) is 24.3 Å². The average molecular weight is 219 g/mol. The van der Waals surface area contributed by atoms with Crippen LogP contribution in [0.25, 0.3) is 0 Å². The first-order valence-corrected chi connectivity index (χ1v) is 5.59. The van der Waals surface area contributed by atoms with Gasteiger partial charge in [-0.1, -0.05) is 24.3 Å². The zero-order chi connectivity index (χ0) is 11.4. The second-order valence-corrected chi connectivity index (χ2v) is 4.20. The van der Waals surface area contributed by atoms with E-state index in [9.17, 15) is 4.79 Å². The van der Waals surface area contributed by atoms with Gasteiger partial charge in [0.15, 0.2) is 5.78 Å². The van der Waals surface area contributed by atoms with Gasteiger partial charge in [-0.15, -0.1) is 0 Å². The molecule has 0 atom stereocenters. The third kappa shape index (κ3) is 2.68. The number of carbonyl (C=O) groups excluding carboxylic acids is 1. The summed E-state index contributed by atoms with van der Waals surface area (Å²) in [6.45, 7) is 2.57. The van der Waals surface area contributed by atoms with Gasteiger partial charge in [0.25, 0.3) is 0 Å². The lowest BCUT2D eigenvalue weighted by Gasteiger charge is -2.27. The smallest absolute Gasteiger partial charge is 0.172 e. The molecule has 0 saturated carbocycles. The minimum absolute atomic E-state index is 0.155. The van der Waals surface area contributed by atoms with Crippen molar-refractivity contribution in [1.29, 1.82) is 0 Å². The van der Waals surface area contributed by atoms with Crippen molar-refractivity contribution in [2.24, 2.45) is 0 Å². The predicted molar refractivity (Wildman–Crippen MR) is 62.3 cm³/mol. The molecule has 86 valence electrons. The van der Waals surface area contributed by atoms with Crippen LogP contribution in [0.2, 0.25) is 0 Å². The molecule has 3 nitrogen and oxygen atoms in total. The van der Waals surface area contributed by atoms with E-state index in [0.717, 1.165) is 19.5 Å². The monoisotopic (exact) mass is 219 g/mol. The first kappa shape index (κ1) is 11.3. The molecule has 1 aromatic carbocycles. The molecule has 1 aliphatic rings. The number of hydrogen-bond acceptors (Lipinski definition) is 3. The molecule has 1 aliphatic heterocycles. The molecule has 0 saturated heterocycles. The molecule has 1 heterocycles. The summed E-state index contributed by atoms with van der Waals surface area (Å²) in [5.74, 6) is 0.155. The maximum absolute atomic E-state index is 11.5. The van der Waals surface area contributed by atoms with Crippen LogP contribution in [0, 0.1) is 0 Å². The van der Waals surface area contributed by atoms with Crippen molar-refractivity contribution in [1.82, 2.24) is 4.90 Å². The Bertz CT molecular complexity index is 376. The molecule has 0 amide bonds. The number of nitrogens with zero attached hydrogens (tertiary/aromatic N) is 1. The van der Waals surface area contributed by atoms with Gasteiger partial charge in [0.05, 0.1) is 6.54 Å². The summed E-state index contributed by atoms with van der Waals surface area (Å²) in [5, 5.41) is 0. The molecular formula is C13H17NO2. The van der Waals surface area contributed by atoms with Crippen molar-refractivity contribution >= 4 is 5.78 Å². The number of ether oxygens (including phenoxy) is 1. The number of benzene rings is 1. The highest BCUT2D eigenvalue weighted by Crippen LogP contribution is 2.17.